The fourth-order valence-corrected chi connectivity index (χ4v) is 2.52. The second-order valence-corrected chi connectivity index (χ2v) is 4.05. The van der Waals surface area contributed by atoms with Gasteiger partial charge in [-0.15, -0.1) is 0 Å². The molecule has 0 spiro atoms. The summed E-state index contributed by atoms with van der Waals surface area (Å²) in [5.74, 6) is 1.59. The van der Waals surface area contributed by atoms with E-state index in [0.29, 0.717) is 11.8 Å². The van der Waals surface area contributed by atoms with Crippen LogP contribution in [0.3, 0.4) is 0 Å². The summed E-state index contributed by atoms with van der Waals surface area (Å²) in [5, 5.41) is 0. The molecule has 0 amide bonds. The van der Waals surface area contributed by atoms with Crippen molar-refractivity contribution in [3.8, 4) is 0 Å². The lowest BCUT2D eigenvalue weighted by atomic mass is 10.1. The molecule has 0 aromatic heterocycles. The van der Waals surface area contributed by atoms with Crippen LogP contribution >= 0.6 is 0 Å². The molecule has 0 aromatic carbocycles. The van der Waals surface area contributed by atoms with Crippen LogP contribution in [-0.2, 0) is 9.53 Å². The second kappa shape index (κ2) is 2.75. The van der Waals surface area contributed by atoms with Crippen LogP contribution in [0.15, 0.2) is 0 Å². The number of fused-ring (bicyclic) bond motifs is 1. The molecule has 12 heavy (non-hydrogen) atoms. The fourth-order valence-electron chi connectivity index (χ4n) is 2.52. The van der Waals surface area contributed by atoms with E-state index in [1.165, 1.54) is 19.3 Å². The van der Waals surface area contributed by atoms with E-state index in [2.05, 4.69) is 6.92 Å². The van der Waals surface area contributed by atoms with Crippen LogP contribution in [0.25, 0.3) is 0 Å². The van der Waals surface area contributed by atoms with Gasteiger partial charge < -0.3 is 4.74 Å². The summed E-state index contributed by atoms with van der Waals surface area (Å²) in [6.45, 7) is 4.22. The van der Waals surface area contributed by atoms with E-state index in [1.807, 2.05) is 6.92 Å². The maximum absolute atomic E-state index is 11.2. The Morgan fingerprint density at radius 3 is 2.75 bits per heavy atom. The smallest absolute Gasteiger partial charge is 0.309 e. The third-order valence-corrected chi connectivity index (χ3v) is 3.24. The minimum Gasteiger partial charge on any atom is -0.462 e. The van der Waals surface area contributed by atoms with Gasteiger partial charge in [0.1, 0.15) is 6.10 Å². The van der Waals surface area contributed by atoms with Crippen LogP contribution in [0.4, 0.5) is 0 Å². The van der Waals surface area contributed by atoms with Crippen molar-refractivity contribution in [2.24, 2.45) is 17.8 Å². The molecule has 4 atom stereocenters. The van der Waals surface area contributed by atoms with E-state index in [0.717, 1.165) is 0 Å². The van der Waals surface area contributed by atoms with Gasteiger partial charge in [0.05, 0.1) is 5.92 Å². The number of hydrogen-bond donors (Lipinski definition) is 0. The molecular formula is C10H16O2. The Kier molecular flexibility index (Phi) is 1.85. The van der Waals surface area contributed by atoms with E-state index in [-0.39, 0.29) is 18.0 Å². The third kappa shape index (κ3) is 1.05. The maximum atomic E-state index is 11.2. The molecule has 2 heteroatoms. The summed E-state index contributed by atoms with van der Waals surface area (Å²) in [4.78, 5) is 11.2. The third-order valence-electron chi connectivity index (χ3n) is 3.24. The first-order valence-electron chi connectivity index (χ1n) is 4.96. The predicted molar refractivity (Wildman–Crippen MR) is 45.5 cm³/mol. The van der Waals surface area contributed by atoms with E-state index < -0.39 is 0 Å². The summed E-state index contributed by atoms with van der Waals surface area (Å²) in [6.07, 6.45) is 3.92. The van der Waals surface area contributed by atoms with Crippen LogP contribution in [0.1, 0.15) is 33.1 Å². The highest BCUT2D eigenvalue weighted by Crippen LogP contribution is 2.57. The zero-order valence-electron chi connectivity index (χ0n) is 7.75. The summed E-state index contributed by atoms with van der Waals surface area (Å²) < 4.78 is 5.09. The van der Waals surface area contributed by atoms with E-state index in [1.54, 1.807) is 0 Å². The Morgan fingerprint density at radius 1 is 1.50 bits per heavy atom. The largest absolute Gasteiger partial charge is 0.462 e. The Bertz CT molecular complexity index is 200. The molecule has 1 aliphatic carbocycles. The molecule has 0 radical (unpaired) electrons. The molecule has 1 saturated carbocycles. The lowest BCUT2D eigenvalue weighted by Crippen LogP contribution is -2.12. The monoisotopic (exact) mass is 168 g/mol. The number of carbonyl (C=O) groups is 1. The molecule has 0 aromatic rings. The highest BCUT2D eigenvalue weighted by molar-refractivity contribution is 5.79. The van der Waals surface area contributed by atoms with Gasteiger partial charge in [0.15, 0.2) is 0 Å². The summed E-state index contributed by atoms with van der Waals surface area (Å²) >= 11 is 0. The number of cyclic esters (lactones) is 1. The molecule has 1 heterocycles. The number of ether oxygens (including phenoxy) is 1. The van der Waals surface area contributed by atoms with Gasteiger partial charge in [-0.25, -0.2) is 0 Å². The molecule has 2 aliphatic rings. The Labute approximate surface area is 73.3 Å². The highest BCUT2D eigenvalue weighted by Gasteiger charge is 2.63. The summed E-state index contributed by atoms with van der Waals surface area (Å²) in [5.41, 5.74) is 0. The average molecular weight is 168 g/mol. The van der Waals surface area contributed by atoms with E-state index in [9.17, 15) is 4.79 Å². The highest BCUT2D eigenvalue weighted by atomic mass is 16.6. The molecule has 2 rings (SSSR count). The molecular weight excluding hydrogens is 152 g/mol. The predicted octanol–water partition coefficient (Wildman–Crippen LogP) is 1.98. The van der Waals surface area contributed by atoms with Gasteiger partial charge in [-0.3, -0.25) is 4.79 Å². The number of hydrogen-bond acceptors (Lipinski definition) is 2. The van der Waals surface area contributed by atoms with Crippen molar-refractivity contribution in [2.75, 3.05) is 0 Å². The molecule has 2 fully saturated rings. The number of unbranched alkanes of at least 4 members (excludes halogenated alkanes) is 1. The molecule has 1 aliphatic heterocycles. The van der Waals surface area contributed by atoms with Crippen molar-refractivity contribution in [1.82, 2.24) is 0 Å². The summed E-state index contributed by atoms with van der Waals surface area (Å²) in [6, 6.07) is 0. The second-order valence-electron chi connectivity index (χ2n) is 4.05. The molecule has 0 bridgehead atoms. The van der Waals surface area contributed by atoms with Crippen LogP contribution in [0, 0.1) is 17.8 Å². The fraction of sp³-hybridized carbons (Fsp3) is 0.900. The molecule has 2 nitrogen and oxygen atoms in total. The van der Waals surface area contributed by atoms with E-state index in [4.69, 9.17) is 4.74 Å². The Hall–Kier alpha value is -0.530. The van der Waals surface area contributed by atoms with Gasteiger partial charge in [0.2, 0.25) is 0 Å². The summed E-state index contributed by atoms with van der Waals surface area (Å²) in [7, 11) is 0. The van der Waals surface area contributed by atoms with Crippen molar-refractivity contribution in [1.29, 1.82) is 0 Å². The van der Waals surface area contributed by atoms with Gasteiger partial charge in [-0.05, 0) is 19.3 Å². The molecule has 68 valence electrons. The van der Waals surface area contributed by atoms with Crippen molar-refractivity contribution in [2.45, 2.75) is 39.2 Å². The minimum atomic E-state index is 0.0635. The van der Waals surface area contributed by atoms with Gasteiger partial charge in [-0.2, -0.15) is 0 Å². The van der Waals surface area contributed by atoms with Crippen LogP contribution in [-0.4, -0.2) is 12.1 Å². The van der Waals surface area contributed by atoms with Gasteiger partial charge >= 0.3 is 5.97 Å². The molecule has 0 N–H and O–H groups in total. The standard InChI is InChI=1S/C10H16O2/c1-3-4-5-7-8-6(2)12-10(11)9(7)8/h6-9H,3-5H2,1-2H3/t6-,7+,8+,9-/m0/s1. The Morgan fingerprint density at radius 2 is 2.25 bits per heavy atom. The molecule has 1 saturated heterocycles. The normalized spacial score (nSPS) is 44.0. The maximum Gasteiger partial charge on any atom is 0.309 e. The van der Waals surface area contributed by atoms with Crippen LogP contribution in [0.5, 0.6) is 0 Å². The van der Waals surface area contributed by atoms with Crippen LogP contribution in [0.2, 0.25) is 0 Å². The lowest BCUT2D eigenvalue weighted by Gasteiger charge is -2.08. The van der Waals surface area contributed by atoms with Crippen molar-refractivity contribution in [3.05, 3.63) is 0 Å². The zero-order valence-corrected chi connectivity index (χ0v) is 7.75. The first-order valence-corrected chi connectivity index (χ1v) is 4.96. The number of rotatable bonds is 3. The quantitative estimate of drug-likeness (QED) is 0.602. The SMILES string of the molecule is CCCC[C@H]1[C@@H]2C(=O)O[C@@H](C)[C@H]12. The van der Waals surface area contributed by atoms with Crippen LogP contribution < -0.4 is 0 Å². The first-order chi connectivity index (χ1) is 5.75. The Balaban J connectivity index is 1.87. The van der Waals surface area contributed by atoms with Gasteiger partial charge in [0.25, 0.3) is 0 Å². The van der Waals surface area contributed by atoms with Crippen molar-refractivity contribution in [3.63, 3.8) is 0 Å². The van der Waals surface area contributed by atoms with Gasteiger partial charge in [-0.1, -0.05) is 19.8 Å². The first kappa shape index (κ1) is 8.09. The number of esters is 1. The number of carbonyl (C=O) groups excluding carboxylic acids is 1. The average Bonchev–Trinajstić information content (AvgIpc) is 2.66. The van der Waals surface area contributed by atoms with E-state index >= 15 is 0 Å². The van der Waals surface area contributed by atoms with Gasteiger partial charge in [0, 0.05) is 5.92 Å². The molecule has 0 unspecified atom stereocenters. The van der Waals surface area contributed by atoms with Crippen molar-refractivity contribution < 1.29 is 9.53 Å². The minimum absolute atomic E-state index is 0.0635. The lowest BCUT2D eigenvalue weighted by molar-refractivity contribution is -0.145. The van der Waals surface area contributed by atoms with Crippen molar-refractivity contribution >= 4 is 5.97 Å². The zero-order chi connectivity index (χ0) is 8.72. The topological polar surface area (TPSA) is 26.3 Å².